The van der Waals surface area contributed by atoms with E-state index in [4.69, 9.17) is 9.47 Å². The zero-order valence-corrected chi connectivity index (χ0v) is 19.1. The van der Waals surface area contributed by atoms with Crippen LogP contribution in [0.4, 0.5) is 26.3 Å². The minimum atomic E-state index is -2.57. The van der Waals surface area contributed by atoms with E-state index >= 15 is 0 Å². The third kappa shape index (κ3) is 8.34. The fourth-order valence-corrected chi connectivity index (χ4v) is 2.87. The molecule has 0 saturated carbocycles. The van der Waals surface area contributed by atoms with E-state index in [1.54, 1.807) is 0 Å². The summed E-state index contributed by atoms with van der Waals surface area (Å²) in [6.07, 6.45) is -5.14. The quantitative estimate of drug-likeness (QED) is 0.145. The summed E-state index contributed by atoms with van der Waals surface area (Å²) in [4.78, 5) is 11.9. The normalized spacial score (nSPS) is 10.4. The second kappa shape index (κ2) is 12.5. The molecule has 3 rings (SSSR count). The zero-order chi connectivity index (χ0) is 26.9. The number of hydrogen-bond donors (Lipinski definition) is 0. The topological polar surface area (TPSA) is 54.0 Å². The van der Waals surface area contributed by atoms with Crippen molar-refractivity contribution in [3.8, 4) is 23.0 Å². The SMILES string of the molecule is CC(=O)c1cc(OCc2ccc(OC(F)=C(F)F)cc2)cc(OCc2ccc(OC(F)=C(F)F)cc2)c1. The minimum absolute atomic E-state index is 0.0306. The van der Waals surface area contributed by atoms with Gasteiger partial charge in [-0.2, -0.15) is 26.3 Å². The monoisotopic (exact) mass is 524 g/mol. The Labute approximate surface area is 207 Å². The van der Waals surface area contributed by atoms with Crippen LogP contribution in [0.2, 0.25) is 0 Å². The molecule has 0 unspecified atom stereocenters. The average molecular weight is 524 g/mol. The summed E-state index contributed by atoms with van der Waals surface area (Å²) >= 11 is 0. The maximum Gasteiger partial charge on any atom is 0.344 e. The van der Waals surface area contributed by atoms with Crippen molar-refractivity contribution >= 4 is 5.78 Å². The number of carbonyl (C=O) groups is 1. The maximum absolute atomic E-state index is 12.9. The fraction of sp³-hybridized carbons (Fsp3) is 0.115. The highest BCUT2D eigenvalue weighted by Crippen LogP contribution is 2.26. The first-order valence-corrected chi connectivity index (χ1v) is 10.5. The Morgan fingerprint density at radius 3 is 1.30 bits per heavy atom. The van der Waals surface area contributed by atoms with Gasteiger partial charge in [-0.25, -0.2) is 0 Å². The predicted molar refractivity (Wildman–Crippen MR) is 120 cm³/mol. The summed E-state index contributed by atoms with van der Waals surface area (Å²) < 4.78 is 94.5. The highest BCUT2D eigenvalue weighted by atomic mass is 19.3. The van der Waals surface area contributed by atoms with Crippen LogP contribution in [-0.2, 0) is 13.2 Å². The second-order valence-corrected chi connectivity index (χ2v) is 7.39. The van der Waals surface area contributed by atoms with Crippen molar-refractivity contribution in [3.05, 3.63) is 108 Å². The van der Waals surface area contributed by atoms with Gasteiger partial charge in [0, 0.05) is 11.6 Å². The molecule has 0 spiro atoms. The largest absolute Gasteiger partial charge is 0.489 e. The van der Waals surface area contributed by atoms with Crippen molar-refractivity contribution in [1.82, 2.24) is 0 Å². The van der Waals surface area contributed by atoms with Crippen LogP contribution in [0.5, 0.6) is 23.0 Å². The third-order valence-corrected chi connectivity index (χ3v) is 4.66. The first-order chi connectivity index (χ1) is 17.6. The van der Waals surface area contributed by atoms with Crippen LogP contribution in [0.25, 0.3) is 0 Å². The molecule has 0 heterocycles. The molecule has 3 aromatic rings. The maximum atomic E-state index is 12.9. The Balaban J connectivity index is 1.64. The third-order valence-electron chi connectivity index (χ3n) is 4.66. The summed E-state index contributed by atoms with van der Waals surface area (Å²) in [5, 5.41) is 0. The Morgan fingerprint density at radius 1 is 0.595 bits per heavy atom. The highest BCUT2D eigenvalue weighted by molar-refractivity contribution is 5.94. The van der Waals surface area contributed by atoms with Gasteiger partial charge in [0.25, 0.3) is 0 Å². The smallest absolute Gasteiger partial charge is 0.344 e. The first-order valence-electron chi connectivity index (χ1n) is 10.5. The summed E-state index contributed by atoms with van der Waals surface area (Å²) in [6, 6.07) is 11.7. The molecule has 0 saturated heterocycles. The number of ketones is 1. The van der Waals surface area contributed by atoms with E-state index in [0.29, 0.717) is 28.2 Å². The molecule has 0 aliphatic rings. The van der Waals surface area contributed by atoms with Gasteiger partial charge in [0.05, 0.1) is 0 Å². The van der Waals surface area contributed by atoms with Crippen LogP contribution in [-0.4, -0.2) is 5.78 Å². The number of rotatable bonds is 11. The fourth-order valence-electron chi connectivity index (χ4n) is 2.87. The molecule has 194 valence electrons. The number of hydrogen-bond acceptors (Lipinski definition) is 5. The molecule has 0 aliphatic carbocycles. The molecule has 0 aliphatic heterocycles. The van der Waals surface area contributed by atoms with E-state index < -0.39 is 24.2 Å². The van der Waals surface area contributed by atoms with Gasteiger partial charge in [0.15, 0.2) is 5.78 Å². The molecule has 11 heteroatoms. The van der Waals surface area contributed by atoms with Gasteiger partial charge in [-0.1, -0.05) is 24.3 Å². The number of Topliss-reactive ketones (excluding diaryl/α,β-unsaturated/α-hetero) is 1. The van der Waals surface area contributed by atoms with E-state index in [9.17, 15) is 31.1 Å². The number of carbonyl (C=O) groups excluding carboxylic acids is 1. The molecule has 37 heavy (non-hydrogen) atoms. The Morgan fingerprint density at radius 2 is 0.973 bits per heavy atom. The minimum Gasteiger partial charge on any atom is -0.489 e. The van der Waals surface area contributed by atoms with Crippen LogP contribution in [0.15, 0.2) is 90.9 Å². The van der Waals surface area contributed by atoms with Crippen LogP contribution in [0.3, 0.4) is 0 Å². The molecule has 0 radical (unpaired) electrons. The van der Waals surface area contributed by atoms with Gasteiger partial charge in [0.1, 0.15) is 36.2 Å². The van der Waals surface area contributed by atoms with E-state index in [-0.39, 0.29) is 30.5 Å². The number of ether oxygens (including phenoxy) is 4. The van der Waals surface area contributed by atoms with Crippen molar-refractivity contribution in [2.24, 2.45) is 0 Å². The molecule has 0 aromatic heterocycles. The van der Waals surface area contributed by atoms with Gasteiger partial charge in [-0.15, -0.1) is 0 Å². The molecular formula is C26H18F6O5. The molecule has 0 bridgehead atoms. The lowest BCUT2D eigenvalue weighted by atomic mass is 10.1. The van der Waals surface area contributed by atoms with E-state index in [1.807, 2.05) is 0 Å². The number of benzene rings is 3. The molecule has 0 fully saturated rings. The standard InChI is InChI=1S/C26H18F6O5/c1-15(33)18-10-21(34-13-16-2-6-19(7-3-16)36-25(31)23(27)28)12-22(11-18)35-14-17-4-8-20(9-5-17)37-26(32)24(29)30/h2-12H,13-14H2,1H3. The van der Waals surface area contributed by atoms with Crippen molar-refractivity contribution in [3.63, 3.8) is 0 Å². The van der Waals surface area contributed by atoms with Crippen molar-refractivity contribution < 1.29 is 50.1 Å². The lowest BCUT2D eigenvalue weighted by molar-refractivity contribution is 0.101. The van der Waals surface area contributed by atoms with E-state index in [0.717, 1.165) is 0 Å². The van der Waals surface area contributed by atoms with Crippen molar-refractivity contribution in [2.75, 3.05) is 0 Å². The Hall–Kier alpha value is -4.41. The molecule has 3 aromatic carbocycles. The summed E-state index contributed by atoms with van der Waals surface area (Å²) in [5.41, 5.74) is 1.52. The molecule has 0 atom stereocenters. The van der Waals surface area contributed by atoms with Gasteiger partial charge >= 0.3 is 24.2 Å². The Bertz CT molecular complexity index is 1200. The van der Waals surface area contributed by atoms with Gasteiger partial charge in [0.2, 0.25) is 0 Å². The van der Waals surface area contributed by atoms with E-state index in [1.165, 1.54) is 73.7 Å². The second-order valence-electron chi connectivity index (χ2n) is 7.39. The summed E-state index contributed by atoms with van der Waals surface area (Å²) in [5.74, 6) is 0.105. The van der Waals surface area contributed by atoms with Gasteiger partial charge in [-0.3, -0.25) is 4.79 Å². The average Bonchev–Trinajstić information content (AvgIpc) is 2.87. The van der Waals surface area contributed by atoms with Crippen LogP contribution in [0.1, 0.15) is 28.4 Å². The molecule has 0 N–H and O–H groups in total. The summed E-state index contributed by atoms with van der Waals surface area (Å²) in [6.45, 7) is 1.42. The van der Waals surface area contributed by atoms with Crippen LogP contribution >= 0.6 is 0 Å². The van der Waals surface area contributed by atoms with Crippen LogP contribution < -0.4 is 18.9 Å². The molecule has 0 amide bonds. The van der Waals surface area contributed by atoms with Gasteiger partial charge < -0.3 is 18.9 Å². The number of halogens is 6. The lowest BCUT2D eigenvalue weighted by Gasteiger charge is -2.12. The Kier molecular flexibility index (Phi) is 9.20. The van der Waals surface area contributed by atoms with Gasteiger partial charge in [-0.05, 0) is 54.4 Å². The van der Waals surface area contributed by atoms with Crippen molar-refractivity contribution in [1.29, 1.82) is 0 Å². The van der Waals surface area contributed by atoms with E-state index in [2.05, 4.69) is 9.47 Å². The first kappa shape index (κ1) is 27.2. The van der Waals surface area contributed by atoms with Crippen LogP contribution in [0, 0.1) is 0 Å². The zero-order valence-electron chi connectivity index (χ0n) is 19.1. The summed E-state index contributed by atoms with van der Waals surface area (Å²) in [7, 11) is 0. The molecule has 5 nitrogen and oxygen atoms in total. The molecular weight excluding hydrogens is 506 g/mol. The predicted octanol–water partition coefficient (Wildman–Crippen LogP) is 7.88. The van der Waals surface area contributed by atoms with Crippen molar-refractivity contribution in [2.45, 2.75) is 20.1 Å². The highest BCUT2D eigenvalue weighted by Gasteiger charge is 2.11. The lowest BCUT2D eigenvalue weighted by Crippen LogP contribution is -2.01.